The minimum absolute atomic E-state index is 0.0771. The van der Waals surface area contributed by atoms with Crippen molar-refractivity contribution in [2.24, 2.45) is 0 Å². The number of aromatic amines is 2. The molecule has 2 amide bonds. The van der Waals surface area contributed by atoms with Crippen LogP contribution in [0.3, 0.4) is 0 Å². The molecule has 3 aromatic rings. The molecule has 0 saturated heterocycles. The van der Waals surface area contributed by atoms with Crippen LogP contribution in [0.5, 0.6) is 0 Å². The third-order valence-electron chi connectivity index (χ3n) is 6.83. The Hall–Kier alpha value is -3.27. The Morgan fingerprint density at radius 2 is 2.03 bits per heavy atom. The van der Waals surface area contributed by atoms with Gasteiger partial charge in [-0.15, -0.1) is 0 Å². The van der Waals surface area contributed by atoms with E-state index in [0.717, 1.165) is 30.7 Å². The molecule has 0 atom stereocenters. The lowest BCUT2D eigenvalue weighted by Crippen LogP contribution is -2.43. The Morgan fingerprint density at radius 3 is 2.74 bits per heavy atom. The molecule has 3 heterocycles. The van der Waals surface area contributed by atoms with E-state index in [1.165, 1.54) is 6.07 Å². The van der Waals surface area contributed by atoms with Gasteiger partial charge in [-0.25, -0.2) is 8.78 Å². The molecule has 8 nitrogen and oxygen atoms in total. The number of amides is 2. The minimum Gasteiger partial charge on any atom is -0.376 e. The van der Waals surface area contributed by atoms with E-state index in [9.17, 15) is 18.4 Å². The number of rotatable bonds is 6. The molecular formula is C24H27F2N5O3. The van der Waals surface area contributed by atoms with E-state index in [1.807, 2.05) is 13.8 Å². The quantitative estimate of drug-likeness (QED) is 0.576. The van der Waals surface area contributed by atoms with Crippen molar-refractivity contribution in [1.29, 1.82) is 0 Å². The fraction of sp³-hybridized carbons (Fsp3) is 0.458. The van der Waals surface area contributed by atoms with Crippen molar-refractivity contribution in [3.05, 3.63) is 52.5 Å². The summed E-state index contributed by atoms with van der Waals surface area (Å²) in [7, 11) is 1.77. The molecule has 2 aromatic heterocycles. The summed E-state index contributed by atoms with van der Waals surface area (Å²) < 4.78 is 33.4. The normalized spacial score (nSPS) is 16.7. The second kappa shape index (κ2) is 8.19. The van der Waals surface area contributed by atoms with E-state index < -0.39 is 11.6 Å². The maximum atomic E-state index is 14.1. The van der Waals surface area contributed by atoms with Gasteiger partial charge in [0, 0.05) is 42.7 Å². The highest BCUT2D eigenvalue weighted by atomic mass is 19.1. The van der Waals surface area contributed by atoms with Crippen LogP contribution in [0, 0.1) is 11.6 Å². The van der Waals surface area contributed by atoms with E-state index in [0.29, 0.717) is 30.8 Å². The highest BCUT2D eigenvalue weighted by Crippen LogP contribution is 2.42. The summed E-state index contributed by atoms with van der Waals surface area (Å²) in [6.07, 6.45) is 2.33. The van der Waals surface area contributed by atoms with Gasteiger partial charge >= 0.3 is 0 Å². The Kier molecular flexibility index (Phi) is 5.43. The number of nitrogens with zero attached hydrogens (tertiary/aromatic N) is 3. The van der Waals surface area contributed by atoms with E-state index in [-0.39, 0.29) is 46.6 Å². The number of aromatic nitrogens is 3. The van der Waals surface area contributed by atoms with Crippen LogP contribution in [0.4, 0.5) is 8.78 Å². The van der Waals surface area contributed by atoms with E-state index in [2.05, 4.69) is 15.2 Å². The van der Waals surface area contributed by atoms with E-state index >= 15 is 0 Å². The Bertz CT molecular complexity index is 1280. The summed E-state index contributed by atoms with van der Waals surface area (Å²) >= 11 is 0. The van der Waals surface area contributed by atoms with Gasteiger partial charge in [0.05, 0.1) is 30.3 Å². The second-order valence-electron chi connectivity index (χ2n) is 9.49. The van der Waals surface area contributed by atoms with Gasteiger partial charge < -0.3 is 19.5 Å². The van der Waals surface area contributed by atoms with Gasteiger partial charge in [0.15, 0.2) is 5.69 Å². The Labute approximate surface area is 195 Å². The summed E-state index contributed by atoms with van der Waals surface area (Å²) in [4.78, 5) is 32.6. The van der Waals surface area contributed by atoms with Crippen LogP contribution < -0.4 is 0 Å². The maximum Gasteiger partial charge on any atom is 0.274 e. The summed E-state index contributed by atoms with van der Waals surface area (Å²) in [5.41, 5.74) is 1.88. The number of hydrogen-bond donors (Lipinski definition) is 2. The Morgan fingerprint density at radius 1 is 1.26 bits per heavy atom. The molecule has 0 spiro atoms. The zero-order chi connectivity index (χ0) is 24.2. The van der Waals surface area contributed by atoms with Crippen molar-refractivity contribution in [3.8, 4) is 0 Å². The first-order valence-corrected chi connectivity index (χ1v) is 11.4. The van der Waals surface area contributed by atoms with E-state index in [4.69, 9.17) is 4.74 Å². The molecule has 5 rings (SSSR count). The predicted octanol–water partition coefficient (Wildman–Crippen LogP) is 3.40. The molecule has 0 unspecified atom stereocenters. The van der Waals surface area contributed by atoms with Crippen LogP contribution in [-0.4, -0.2) is 68.6 Å². The average Bonchev–Trinajstić information content (AvgIpc) is 3.28. The number of benzene rings is 1. The largest absolute Gasteiger partial charge is 0.376 e. The van der Waals surface area contributed by atoms with Crippen molar-refractivity contribution < 1.29 is 23.1 Å². The van der Waals surface area contributed by atoms with Crippen LogP contribution in [0.2, 0.25) is 0 Å². The van der Waals surface area contributed by atoms with Gasteiger partial charge in [-0.05, 0) is 38.8 Å². The highest BCUT2D eigenvalue weighted by molar-refractivity contribution is 5.99. The number of H-pyrrole nitrogens is 2. The summed E-state index contributed by atoms with van der Waals surface area (Å²) in [5.74, 6) is -2.00. The van der Waals surface area contributed by atoms with Gasteiger partial charge in [-0.3, -0.25) is 14.7 Å². The van der Waals surface area contributed by atoms with Gasteiger partial charge in [0.2, 0.25) is 0 Å². The fourth-order valence-electron chi connectivity index (χ4n) is 4.51. The number of ether oxygens (including phenoxy) is 1. The van der Waals surface area contributed by atoms with Crippen molar-refractivity contribution in [2.75, 3.05) is 20.2 Å². The number of hydrogen-bond acceptors (Lipinski definition) is 4. The van der Waals surface area contributed by atoms with Crippen molar-refractivity contribution in [1.82, 2.24) is 25.0 Å². The molecule has 34 heavy (non-hydrogen) atoms. The maximum absolute atomic E-state index is 14.1. The lowest BCUT2D eigenvalue weighted by atomic mass is 10.0. The smallest absolute Gasteiger partial charge is 0.274 e. The topological polar surface area (TPSA) is 94.3 Å². The molecule has 2 aliphatic rings. The molecule has 1 aliphatic heterocycles. The standard InChI is InChI=1S/C24H27F2N5O3/c1-13(2)34-12-24(5-6-24)30(3)23(33)21-16-11-31(7-4-18(16)28-29-21)22(32)20-10-15-17(26)8-14(25)9-19(15)27-20/h8-10,13,27H,4-7,11-12H2,1-3H3,(H,28,29). The van der Waals surface area contributed by atoms with Crippen molar-refractivity contribution >= 4 is 22.7 Å². The van der Waals surface area contributed by atoms with Crippen LogP contribution in [0.15, 0.2) is 18.2 Å². The monoisotopic (exact) mass is 471 g/mol. The molecule has 10 heteroatoms. The van der Waals surface area contributed by atoms with Crippen LogP contribution in [0.25, 0.3) is 10.9 Å². The number of likely N-dealkylation sites (N-methyl/N-ethyl adjacent to an activating group) is 1. The molecule has 1 aliphatic carbocycles. The lowest BCUT2D eigenvalue weighted by molar-refractivity contribution is 0.0200. The molecule has 2 N–H and O–H groups in total. The lowest BCUT2D eigenvalue weighted by Gasteiger charge is -2.30. The van der Waals surface area contributed by atoms with E-state index in [1.54, 1.807) is 16.8 Å². The predicted molar refractivity (Wildman–Crippen MR) is 120 cm³/mol. The molecule has 180 valence electrons. The number of halogens is 2. The van der Waals surface area contributed by atoms with Crippen LogP contribution in [0.1, 0.15) is 58.9 Å². The van der Waals surface area contributed by atoms with Crippen molar-refractivity contribution in [2.45, 2.75) is 51.3 Å². The number of nitrogens with one attached hydrogen (secondary N) is 2. The molecule has 0 radical (unpaired) electrons. The SMILES string of the molecule is CC(C)OCC1(N(C)C(=O)c2n[nH]c3c2CN(C(=O)c2cc4c(F)cc(F)cc4[nH]2)CC3)CC1. The zero-order valence-corrected chi connectivity index (χ0v) is 19.4. The first-order valence-electron chi connectivity index (χ1n) is 11.4. The fourth-order valence-corrected chi connectivity index (χ4v) is 4.51. The molecule has 0 bridgehead atoms. The minimum atomic E-state index is -0.729. The molecular weight excluding hydrogens is 444 g/mol. The average molecular weight is 472 g/mol. The summed E-state index contributed by atoms with van der Waals surface area (Å²) in [6, 6.07) is 3.34. The third-order valence-corrected chi connectivity index (χ3v) is 6.83. The van der Waals surface area contributed by atoms with Gasteiger partial charge in [0.1, 0.15) is 17.3 Å². The van der Waals surface area contributed by atoms with Crippen LogP contribution in [-0.2, 0) is 17.7 Å². The Balaban J connectivity index is 1.36. The van der Waals surface area contributed by atoms with Gasteiger partial charge in [-0.1, -0.05) is 0 Å². The molecule has 1 aromatic carbocycles. The third kappa shape index (κ3) is 3.85. The number of fused-ring (bicyclic) bond motifs is 2. The zero-order valence-electron chi connectivity index (χ0n) is 19.4. The summed E-state index contributed by atoms with van der Waals surface area (Å²) in [5, 5.41) is 7.39. The first-order chi connectivity index (χ1) is 16.2. The molecule has 1 saturated carbocycles. The molecule has 1 fully saturated rings. The van der Waals surface area contributed by atoms with Gasteiger partial charge in [-0.2, -0.15) is 5.10 Å². The van der Waals surface area contributed by atoms with Crippen molar-refractivity contribution in [3.63, 3.8) is 0 Å². The second-order valence-corrected chi connectivity index (χ2v) is 9.49. The number of carbonyl (C=O) groups is 2. The summed E-state index contributed by atoms with van der Waals surface area (Å²) in [6.45, 7) is 5.01. The highest BCUT2D eigenvalue weighted by Gasteiger charge is 2.50. The van der Waals surface area contributed by atoms with Gasteiger partial charge in [0.25, 0.3) is 11.8 Å². The van der Waals surface area contributed by atoms with Crippen LogP contribution >= 0.6 is 0 Å². The first kappa shape index (κ1) is 22.5. The number of carbonyl (C=O) groups excluding carboxylic acids is 2.